The van der Waals surface area contributed by atoms with Crippen molar-refractivity contribution in [3.8, 4) is 5.75 Å². The van der Waals surface area contributed by atoms with Gasteiger partial charge in [0.2, 0.25) is 0 Å². The van der Waals surface area contributed by atoms with E-state index >= 15 is 0 Å². The molecule has 1 aromatic carbocycles. The average molecular weight is 318 g/mol. The molecule has 1 aliphatic heterocycles. The molecule has 0 N–H and O–H groups in total. The zero-order chi connectivity index (χ0) is 16.4. The van der Waals surface area contributed by atoms with Crippen molar-refractivity contribution in [2.75, 3.05) is 20.2 Å². The molecule has 0 saturated carbocycles. The van der Waals surface area contributed by atoms with Crippen molar-refractivity contribution in [3.05, 3.63) is 41.7 Å². The number of nitrogens with zero attached hydrogens (tertiary/aromatic N) is 4. The van der Waals surface area contributed by atoms with Crippen LogP contribution in [0.3, 0.4) is 0 Å². The van der Waals surface area contributed by atoms with Crippen LogP contribution in [0.2, 0.25) is 0 Å². The Balaban J connectivity index is 1.77. The molecule has 2 aromatic rings. The van der Waals surface area contributed by atoms with Gasteiger partial charge < -0.3 is 14.2 Å². The van der Waals surface area contributed by atoms with Gasteiger partial charge >= 0.3 is 0 Å². The van der Waals surface area contributed by atoms with Gasteiger partial charge in [-0.1, -0.05) is 0 Å². The van der Waals surface area contributed by atoms with Crippen LogP contribution in [-0.4, -0.2) is 45.8 Å². The van der Waals surface area contributed by atoms with Crippen LogP contribution in [0, 0.1) is 5.82 Å². The normalized spacial score (nSPS) is 18.0. The van der Waals surface area contributed by atoms with Crippen LogP contribution in [-0.2, 0) is 7.05 Å². The zero-order valence-electron chi connectivity index (χ0n) is 13.2. The van der Waals surface area contributed by atoms with E-state index in [2.05, 4.69) is 10.2 Å². The number of aromatic nitrogens is 3. The highest BCUT2D eigenvalue weighted by atomic mass is 19.1. The topological polar surface area (TPSA) is 60.2 Å². The number of aryl methyl sites for hydroxylation is 1. The number of methoxy groups -OCH3 is 1. The molecule has 1 fully saturated rings. The van der Waals surface area contributed by atoms with Crippen LogP contribution < -0.4 is 4.74 Å². The van der Waals surface area contributed by atoms with Gasteiger partial charge in [-0.25, -0.2) is 4.39 Å². The quantitative estimate of drug-likeness (QED) is 0.868. The fraction of sp³-hybridized carbons (Fsp3) is 0.438. The van der Waals surface area contributed by atoms with Crippen LogP contribution in [0.15, 0.2) is 24.5 Å². The number of carbonyl (C=O) groups excluding carboxylic acids is 1. The molecule has 1 amide bonds. The van der Waals surface area contributed by atoms with E-state index in [-0.39, 0.29) is 17.6 Å². The molecule has 0 bridgehead atoms. The summed E-state index contributed by atoms with van der Waals surface area (Å²) < 4.78 is 20.6. The fourth-order valence-corrected chi connectivity index (χ4v) is 3.02. The van der Waals surface area contributed by atoms with E-state index in [1.807, 2.05) is 11.6 Å². The molecule has 0 radical (unpaired) electrons. The van der Waals surface area contributed by atoms with E-state index in [1.54, 1.807) is 17.3 Å². The monoisotopic (exact) mass is 318 g/mol. The lowest BCUT2D eigenvalue weighted by Crippen LogP contribution is -2.39. The average Bonchev–Trinajstić information content (AvgIpc) is 3.00. The number of hydrogen-bond acceptors (Lipinski definition) is 4. The molecule has 0 aliphatic carbocycles. The molecule has 0 spiro atoms. The Morgan fingerprint density at radius 2 is 2.26 bits per heavy atom. The number of benzene rings is 1. The van der Waals surface area contributed by atoms with E-state index in [0.717, 1.165) is 18.7 Å². The van der Waals surface area contributed by atoms with Crippen molar-refractivity contribution in [1.82, 2.24) is 19.7 Å². The maximum Gasteiger partial charge on any atom is 0.253 e. The first-order valence-electron chi connectivity index (χ1n) is 7.57. The first-order chi connectivity index (χ1) is 11.1. The molecule has 1 atom stereocenters. The summed E-state index contributed by atoms with van der Waals surface area (Å²) in [7, 11) is 3.30. The van der Waals surface area contributed by atoms with Crippen molar-refractivity contribution < 1.29 is 13.9 Å². The van der Waals surface area contributed by atoms with Gasteiger partial charge in [0.05, 0.1) is 7.11 Å². The summed E-state index contributed by atoms with van der Waals surface area (Å²) in [5, 5.41) is 8.04. The number of piperidine rings is 1. The predicted octanol–water partition coefficient (Wildman–Crippen LogP) is 1.98. The zero-order valence-corrected chi connectivity index (χ0v) is 13.2. The lowest BCUT2D eigenvalue weighted by Gasteiger charge is -2.32. The molecular formula is C16H19FN4O2. The third kappa shape index (κ3) is 3.04. The Bertz CT molecular complexity index is 716. The second kappa shape index (κ2) is 6.36. The number of halogens is 1. The highest BCUT2D eigenvalue weighted by Crippen LogP contribution is 2.27. The fourth-order valence-electron chi connectivity index (χ4n) is 3.02. The standard InChI is InChI=1S/C16H19FN4O2/c1-20-10-18-19-15(20)12-4-3-7-21(9-12)16(22)11-5-6-14(23-2)13(17)8-11/h5-6,8,10,12H,3-4,7,9H2,1-2H3/t12-/m0/s1. The number of amides is 1. The summed E-state index contributed by atoms with van der Waals surface area (Å²) in [5.74, 6) is 0.475. The minimum atomic E-state index is -0.528. The van der Waals surface area contributed by atoms with Gasteiger partial charge in [0, 0.05) is 31.6 Å². The minimum absolute atomic E-state index is 0.136. The smallest absolute Gasteiger partial charge is 0.253 e. The third-order valence-corrected chi connectivity index (χ3v) is 4.22. The van der Waals surface area contributed by atoms with Crippen LogP contribution in [0.1, 0.15) is 34.9 Å². The maximum atomic E-state index is 13.8. The van der Waals surface area contributed by atoms with Gasteiger partial charge in [-0.3, -0.25) is 4.79 Å². The molecule has 1 saturated heterocycles. The summed E-state index contributed by atoms with van der Waals surface area (Å²) in [6, 6.07) is 4.30. The molecule has 0 unspecified atom stereocenters. The maximum absolute atomic E-state index is 13.8. The molecule has 1 aromatic heterocycles. The van der Waals surface area contributed by atoms with Gasteiger partial charge in [0.25, 0.3) is 5.91 Å². The lowest BCUT2D eigenvalue weighted by molar-refractivity contribution is 0.0703. The predicted molar refractivity (Wildman–Crippen MR) is 81.8 cm³/mol. The van der Waals surface area contributed by atoms with Crippen molar-refractivity contribution in [3.63, 3.8) is 0 Å². The highest BCUT2D eigenvalue weighted by molar-refractivity contribution is 5.94. The first-order valence-corrected chi connectivity index (χ1v) is 7.57. The minimum Gasteiger partial charge on any atom is -0.494 e. The SMILES string of the molecule is COc1ccc(C(=O)N2CCC[C@H](c3nncn3C)C2)cc1F. The van der Waals surface area contributed by atoms with E-state index < -0.39 is 5.82 Å². The van der Waals surface area contributed by atoms with E-state index in [0.29, 0.717) is 18.7 Å². The third-order valence-electron chi connectivity index (χ3n) is 4.22. The number of carbonyl (C=O) groups is 1. The Kier molecular flexibility index (Phi) is 4.27. The Hall–Kier alpha value is -2.44. The number of hydrogen-bond donors (Lipinski definition) is 0. The van der Waals surface area contributed by atoms with Gasteiger partial charge in [0.15, 0.2) is 11.6 Å². The van der Waals surface area contributed by atoms with E-state index in [1.165, 1.54) is 19.2 Å². The molecule has 122 valence electrons. The van der Waals surface area contributed by atoms with Crippen molar-refractivity contribution >= 4 is 5.91 Å². The summed E-state index contributed by atoms with van der Waals surface area (Å²) in [4.78, 5) is 14.4. The number of rotatable bonds is 3. The van der Waals surface area contributed by atoms with E-state index in [4.69, 9.17) is 4.74 Å². The second-order valence-corrected chi connectivity index (χ2v) is 5.74. The lowest BCUT2D eigenvalue weighted by atomic mass is 9.96. The van der Waals surface area contributed by atoms with Crippen molar-refractivity contribution in [2.45, 2.75) is 18.8 Å². The molecule has 7 heteroatoms. The number of likely N-dealkylation sites (tertiary alicyclic amines) is 1. The summed E-state index contributed by atoms with van der Waals surface area (Å²) in [5.41, 5.74) is 0.335. The summed E-state index contributed by atoms with van der Waals surface area (Å²) >= 11 is 0. The van der Waals surface area contributed by atoms with Gasteiger partial charge in [-0.2, -0.15) is 0 Å². The summed E-state index contributed by atoms with van der Waals surface area (Å²) in [6.07, 6.45) is 3.52. The summed E-state index contributed by atoms with van der Waals surface area (Å²) in [6.45, 7) is 1.24. The Labute approximate surface area is 133 Å². The largest absolute Gasteiger partial charge is 0.494 e. The molecule has 23 heavy (non-hydrogen) atoms. The first kappa shape index (κ1) is 15.5. The molecule has 6 nitrogen and oxygen atoms in total. The van der Waals surface area contributed by atoms with E-state index in [9.17, 15) is 9.18 Å². The van der Waals surface area contributed by atoms with Crippen LogP contribution in [0.4, 0.5) is 4.39 Å². The Morgan fingerprint density at radius 1 is 1.43 bits per heavy atom. The molecular weight excluding hydrogens is 299 g/mol. The van der Waals surface area contributed by atoms with Gasteiger partial charge in [0.1, 0.15) is 12.2 Å². The van der Waals surface area contributed by atoms with Gasteiger partial charge in [-0.05, 0) is 31.0 Å². The molecule has 1 aliphatic rings. The number of ether oxygens (including phenoxy) is 1. The van der Waals surface area contributed by atoms with Crippen LogP contribution in [0.5, 0.6) is 5.75 Å². The van der Waals surface area contributed by atoms with Gasteiger partial charge in [-0.15, -0.1) is 10.2 Å². The molecule has 3 rings (SSSR count). The second-order valence-electron chi connectivity index (χ2n) is 5.74. The van der Waals surface area contributed by atoms with Crippen molar-refractivity contribution in [1.29, 1.82) is 0 Å². The molecule has 2 heterocycles. The Morgan fingerprint density at radius 3 is 2.91 bits per heavy atom. The van der Waals surface area contributed by atoms with Crippen molar-refractivity contribution in [2.24, 2.45) is 7.05 Å². The van der Waals surface area contributed by atoms with Crippen LogP contribution in [0.25, 0.3) is 0 Å². The highest BCUT2D eigenvalue weighted by Gasteiger charge is 2.28. The van der Waals surface area contributed by atoms with Crippen LogP contribution >= 0.6 is 0 Å².